The summed E-state index contributed by atoms with van der Waals surface area (Å²) in [4.78, 5) is 16.7. The molecule has 10 heteroatoms. The first-order valence-corrected chi connectivity index (χ1v) is 11.8. The molecule has 0 aliphatic rings. The zero-order valence-electron chi connectivity index (χ0n) is 18.1. The van der Waals surface area contributed by atoms with E-state index in [0.29, 0.717) is 5.82 Å². The molecule has 8 nitrogen and oxygen atoms in total. The fourth-order valence-corrected chi connectivity index (χ4v) is 4.17. The van der Waals surface area contributed by atoms with Crippen LogP contribution in [0.1, 0.15) is 28.7 Å². The molecular formula is C24H20FN3O5S. The Hall–Kier alpha value is -4.05. The van der Waals surface area contributed by atoms with Gasteiger partial charge in [0, 0.05) is 5.56 Å². The highest BCUT2D eigenvalue weighted by Gasteiger charge is 2.20. The predicted octanol–water partition coefficient (Wildman–Crippen LogP) is 4.60. The number of aryl methyl sites for hydroxylation is 1. The highest BCUT2D eigenvalue weighted by Crippen LogP contribution is 2.22. The van der Waals surface area contributed by atoms with E-state index >= 15 is 0 Å². The third-order valence-electron chi connectivity index (χ3n) is 4.93. The highest BCUT2D eigenvalue weighted by molar-refractivity contribution is 7.92. The van der Waals surface area contributed by atoms with Gasteiger partial charge < -0.3 is 9.26 Å². The second-order valence-corrected chi connectivity index (χ2v) is 8.93. The van der Waals surface area contributed by atoms with Crippen molar-refractivity contribution < 1.29 is 26.9 Å². The predicted molar refractivity (Wildman–Crippen MR) is 122 cm³/mol. The maximum absolute atomic E-state index is 13.1. The van der Waals surface area contributed by atoms with Crippen molar-refractivity contribution in [2.45, 2.75) is 24.8 Å². The number of rotatable bonds is 8. The lowest BCUT2D eigenvalue weighted by Crippen LogP contribution is -2.16. The quantitative estimate of drug-likeness (QED) is 0.366. The Morgan fingerprint density at radius 2 is 1.74 bits per heavy atom. The number of nitrogens with zero attached hydrogens (tertiary/aromatic N) is 2. The van der Waals surface area contributed by atoms with Crippen LogP contribution in [0.2, 0.25) is 0 Å². The lowest BCUT2D eigenvalue weighted by molar-refractivity contribution is 0.0431. The molecule has 0 saturated carbocycles. The molecular weight excluding hydrogens is 461 g/mol. The molecule has 0 spiro atoms. The molecule has 1 heterocycles. The fourth-order valence-electron chi connectivity index (χ4n) is 3.09. The largest absolute Gasteiger partial charge is 0.452 e. The number of sulfonamides is 1. The molecule has 0 aliphatic heterocycles. The monoisotopic (exact) mass is 481 g/mol. The molecule has 0 bridgehead atoms. The molecule has 4 rings (SSSR count). The molecule has 3 aromatic carbocycles. The van der Waals surface area contributed by atoms with Crippen LogP contribution in [0.25, 0.3) is 11.4 Å². The van der Waals surface area contributed by atoms with Gasteiger partial charge in [0.25, 0.3) is 15.9 Å². The summed E-state index contributed by atoms with van der Waals surface area (Å²) in [7, 11) is -4.05. The van der Waals surface area contributed by atoms with Crippen molar-refractivity contribution in [3.8, 4) is 11.4 Å². The van der Waals surface area contributed by atoms with Crippen LogP contribution in [-0.2, 0) is 27.8 Å². The molecule has 0 fully saturated rings. The Labute approximate surface area is 195 Å². The van der Waals surface area contributed by atoms with Crippen LogP contribution in [0.15, 0.2) is 82.2 Å². The first-order valence-electron chi connectivity index (χ1n) is 10.3. The standard InChI is InChI=1S/C24H20FN3O5S/c1-2-16-7-9-17(10-8-16)23-26-22(33-27-23)15-32-24(29)20-5-3-4-6-21(20)28-34(30,31)19-13-11-18(25)12-14-19/h3-14,28H,2,15H2,1H3. The molecule has 34 heavy (non-hydrogen) atoms. The first-order chi connectivity index (χ1) is 16.4. The second-order valence-electron chi connectivity index (χ2n) is 7.24. The van der Waals surface area contributed by atoms with E-state index in [1.54, 1.807) is 12.1 Å². The van der Waals surface area contributed by atoms with Gasteiger partial charge >= 0.3 is 5.97 Å². The zero-order valence-corrected chi connectivity index (χ0v) is 18.9. The lowest BCUT2D eigenvalue weighted by Gasteiger charge is -2.12. The number of carbonyl (C=O) groups excluding carboxylic acids is 1. The van der Waals surface area contributed by atoms with Crippen molar-refractivity contribution in [1.29, 1.82) is 0 Å². The van der Waals surface area contributed by atoms with Gasteiger partial charge in [-0.2, -0.15) is 4.98 Å². The third-order valence-corrected chi connectivity index (χ3v) is 6.31. The Balaban J connectivity index is 1.45. The first kappa shape index (κ1) is 23.1. The summed E-state index contributed by atoms with van der Waals surface area (Å²) < 4.78 is 51.1. The van der Waals surface area contributed by atoms with Crippen LogP contribution in [0.3, 0.4) is 0 Å². The Kier molecular flexibility index (Phi) is 6.69. The SMILES string of the molecule is CCc1ccc(-c2noc(COC(=O)c3ccccc3NS(=O)(=O)c3ccc(F)cc3)n2)cc1. The minimum Gasteiger partial charge on any atom is -0.452 e. The molecule has 0 unspecified atom stereocenters. The molecule has 0 amide bonds. The molecule has 0 aliphatic carbocycles. The summed E-state index contributed by atoms with van der Waals surface area (Å²) in [6.45, 7) is 1.76. The van der Waals surface area contributed by atoms with Crippen LogP contribution in [0, 0.1) is 5.82 Å². The average Bonchev–Trinajstić information content (AvgIpc) is 3.32. The summed E-state index contributed by atoms with van der Waals surface area (Å²) in [6.07, 6.45) is 0.912. The molecule has 174 valence electrons. The van der Waals surface area contributed by atoms with E-state index in [0.717, 1.165) is 36.2 Å². The van der Waals surface area contributed by atoms with Gasteiger partial charge in [0.1, 0.15) is 5.82 Å². The minimum atomic E-state index is -4.05. The lowest BCUT2D eigenvalue weighted by atomic mass is 10.1. The van der Waals surface area contributed by atoms with Gasteiger partial charge in [-0.25, -0.2) is 17.6 Å². The maximum atomic E-state index is 13.1. The maximum Gasteiger partial charge on any atom is 0.340 e. The molecule has 0 saturated heterocycles. The summed E-state index contributed by atoms with van der Waals surface area (Å²) in [5, 5.41) is 3.90. The minimum absolute atomic E-state index is 0.0110. The van der Waals surface area contributed by atoms with Gasteiger partial charge in [-0.3, -0.25) is 4.72 Å². The summed E-state index contributed by atoms with van der Waals surface area (Å²) in [6, 6.07) is 18.0. The number of nitrogens with one attached hydrogen (secondary N) is 1. The number of ether oxygens (including phenoxy) is 1. The average molecular weight is 482 g/mol. The van der Waals surface area contributed by atoms with Crippen molar-refractivity contribution in [2.75, 3.05) is 4.72 Å². The summed E-state index contributed by atoms with van der Waals surface area (Å²) in [5.41, 5.74) is 1.94. The van der Waals surface area contributed by atoms with E-state index in [9.17, 15) is 17.6 Å². The molecule has 1 aromatic heterocycles. The summed E-state index contributed by atoms with van der Waals surface area (Å²) >= 11 is 0. The van der Waals surface area contributed by atoms with Crippen LogP contribution in [-0.4, -0.2) is 24.5 Å². The van der Waals surface area contributed by atoms with Crippen molar-refractivity contribution in [1.82, 2.24) is 10.1 Å². The van der Waals surface area contributed by atoms with E-state index in [1.165, 1.54) is 17.7 Å². The fraction of sp³-hybridized carbons (Fsp3) is 0.125. The van der Waals surface area contributed by atoms with E-state index in [4.69, 9.17) is 9.26 Å². The van der Waals surface area contributed by atoms with E-state index < -0.39 is 21.8 Å². The Morgan fingerprint density at radius 1 is 1.03 bits per heavy atom. The van der Waals surface area contributed by atoms with E-state index in [1.807, 2.05) is 24.3 Å². The number of hydrogen-bond acceptors (Lipinski definition) is 7. The molecule has 0 atom stereocenters. The smallest absolute Gasteiger partial charge is 0.340 e. The van der Waals surface area contributed by atoms with Crippen LogP contribution < -0.4 is 4.72 Å². The molecule has 1 N–H and O–H groups in total. The van der Waals surface area contributed by atoms with Crippen LogP contribution in [0.4, 0.5) is 10.1 Å². The number of benzene rings is 3. The number of hydrogen-bond donors (Lipinski definition) is 1. The van der Waals surface area contributed by atoms with E-state index in [2.05, 4.69) is 21.8 Å². The second kappa shape index (κ2) is 9.84. The topological polar surface area (TPSA) is 111 Å². The van der Waals surface area contributed by atoms with Gasteiger partial charge in [0.05, 0.1) is 16.1 Å². The highest BCUT2D eigenvalue weighted by atomic mass is 32.2. The number of para-hydroxylation sites is 1. The number of carbonyl (C=O) groups is 1. The molecule has 4 aromatic rings. The van der Waals surface area contributed by atoms with Gasteiger partial charge in [0.2, 0.25) is 5.82 Å². The molecule has 0 radical (unpaired) electrons. The van der Waals surface area contributed by atoms with Gasteiger partial charge in [-0.15, -0.1) is 0 Å². The number of aromatic nitrogens is 2. The van der Waals surface area contributed by atoms with Crippen LogP contribution in [0.5, 0.6) is 0 Å². The third kappa shape index (κ3) is 5.29. The van der Waals surface area contributed by atoms with Crippen molar-refractivity contribution in [3.63, 3.8) is 0 Å². The number of esters is 1. The Morgan fingerprint density at radius 3 is 2.44 bits per heavy atom. The van der Waals surface area contributed by atoms with E-state index in [-0.39, 0.29) is 28.6 Å². The van der Waals surface area contributed by atoms with Crippen LogP contribution >= 0.6 is 0 Å². The normalized spacial score (nSPS) is 11.2. The van der Waals surface area contributed by atoms with Crippen molar-refractivity contribution in [2.24, 2.45) is 0 Å². The van der Waals surface area contributed by atoms with Crippen molar-refractivity contribution >= 4 is 21.7 Å². The number of anilines is 1. The van der Waals surface area contributed by atoms with Gasteiger partial charge in [0.15, 0.2) is 6.61 Å². The van der Waals surface area contributed by atoms with Gasteiger partial charge in [-0.05, 0) is 48.4 Å². The number of halogens is 1. The summed E-state index contributed by atoms with van der Waals surface area (Å²) in [5.74, 6) is -0.900. The Bertz CT molecular complexity index is 1400. The van der Waals surface area contributed by atoms with Gasteiger partial charge in [-0.1, -0.05) is 48.5 Å². The van der Waals surface area contributed by atoms with Crippen molar-refractivity contribution in [3.05, 3.63) is 95.6 Å². The zero-order chi connectivity index (χ0) is 24.1.